The summed E-state index contributed by atoms with van der Waals surface area (Å²) in [6.07, 6.45) is 9.10. The number of aliphatic hydroxyl groups excluding tert-OH is 1. The summed E-state index contributed by atoms with van der Waals surface area (Å²) in [7, 11) is 0. The van der Waals surface area contributed by atoms with Gasteiger partial charge in [0.2, 0.25) is 0 Å². The zero-order valence-electron chi connectivity index (χ0n) is 11.0. The predicted octanol–water partition coefficient (Wildman–Crippen LogP) is 3.78. The summed E-state index contributed by atoms with van der Waals surface area (Å²) in [4.78, 5) is 0. The lowest BCUT2D eigenvalue weighted by Gasteiger charge is -2.61. The quantitative estimate of drug-likeness (QED) is 0.718. The lowest BCUT2D eigenvalue weighted by molar-refractivity contribution is -0.117. The van der Waals surface area contributed by atoms with Crippen LogP contribution in [0.15, 0.2) is 11.6 Å². The Morgan fingerprint density at radius 3 is 2.75 bits per heavy atom. The van der Waals surface area contributed by atoms with Crippen molar-refractivity contribution in [1.82, 2.24) is 0 Å². The lowest BCUT2D eigenvalue weighted by atomic mass is 9.44. The van der Waals surface area contributed by atoms with Gasteiger partial charge < -0.3 is 5.11 Å². The van der Waals surface area contributed by atoms with E-state index in [0.717, 1.165) is 29.7 Å². The van der Waals surface area contributed by atoms with Gasteiger partial charge in [-0.2, -0.15) is 0 Å². The molecule has 0 saturated heterocycles. The Kier molecular flexibility index (Phi) is 3.44. The first-order chi connectivity index (χ1) is 7.58. The van der Waals surface area contributed by atoms with Crippen LogP contribution >= 0.6 is 0 Å². The minimum absolute atomic E-state index is 0.222. The molecule has 3 aliphatic carbocycles. The van der Waals surface area contributed by atoms with Crippen molar-refractivity contribution in [3.8, 4) is 0 Å². The number of fused-ring (bicyclic) bond motifs is 2. The van der Waals surface area contributed by atoms with Crippen LogP contribution < -0.4 is 0 Å². The fourth-order valence-corrected chi connectivity index (χ4v) is 4.07. The molecule has 0 amide bonds. The van der Waals surface area contributed by atoms with Gasteiger partial charge in [-0.05, 0) is 55.8 Å². The van der Waals surface area contributed by atoms with E-state index in [-0.39, 0.29) is 6.61 Å². The van der Waals surface area contributed by atoms with Gasteiger partial charge in [0.15, 0.2) is 0 Å². The molecule has 3 rings (SSSR count). The summed E-state index contributed by atoms with van der Waals surface area (Å²) < 4.78 is 0. The third-order valence-corrected chi connectivity index (χ3v) is 5.40. The van der Waals surface area contributed by atoms with Gasteiger partial charge in [0, 0.05) is 0 Å². The molecular weight excluding hydrogens is 196 g/mol. The summed E-state index contributed by atoms with van der Waals surface area (Å²) in [6.45, 7) is 7.18. The summed E-state index contributed by atoms with van der Waals surface area (Å²) in [5.41, 5.74) is 1.74. The minimum atomic E-state index is 0.222. The van der Waals surface area contributed by atoms with Crippen LogP contribution in [0.3, 0.4) is 0 Å². The van der Waals surface area contributed by atoms with Gasteiger partial charge >= 0.3 is 0 Å². The third-order valence-electron chi connectivity index (χ3n) is 5.40. The smallest absolute Gasteiger partial charge is 0.0639 e. The molecule has 3 saturated carbocycles. The second kappa shape index (κ2) is 4.52. The van der Waals surface area contributed by atoms with Crippen molar-refractivity contribution in [2.24, 2.45) is 23.2 Å². The molecule has 92 valence electrons. The van der Waals surface area contributed by atoms with Gasteiger partial charge in [-0.1, -0.05) is 31.9 Å². The number of rotatable bonds is 4. The molecule has 1 nitrogen and oxygen atoms in total. The average molecular weight is 222 g/mol. The summed E-state index contributed by atoms with van der Waals surface area (Å²) in [6, 6.07) is 0. The third kappa shape index (κ3) is 1.95. The molecule has 16 heavy (non-hydrogen) atoms. The van der Waals surface area contributed by atoms with E-state index in [1.165, 1.54) is 25.7 Å². The highest BCUT2D eigenvalue weighted by molar-refractivity contribution is 5.06. The zero-order chi connectivity index (χ0) is 11.8. The highest BCUT2D eigenvalue weighted by atomic mass is 16.3. The Balaban J connectivity index is 1.90. The summed E-state index contributed by atoms with van der Waals surface area (Å²) in [5, 5.41) is 8.97. The Morgan fingerprint density at radius 2 is 2.19 bits per heavy atom. The first kappa shape index (κ1) is 12.2. The molecule has 3 aliphatic rings. The first-order valence-electron chi connectivity index (χ1n) is 6.84. The largest absolute Gasteiger partial charge is 0.392 e. The van der Waals surface area contributed by atoms with Crippen molar-refractivity contribution >= 4 is 0 Å². The van der Waals surface area contributed by atoms with Gasteiger partial charge in [0.25, 0.3) is 0 Å². The number of allylic oxidation sites excluding steroid dienone is 1. The average Bonchev–Trinajstić information content (AvgIpc) is 2.28. The highest BCUT2D eigenvalue weighted by Gasteiger charge is 2.54. The monoisotopic (exact) mass is 222 g/mol. The van der Waals surface area contributed by atoms with Crippen LogP contribution in [0.5, 0.6) is 0 Å². The molecule has 0 radical (unpaired) electrons. The van der Waals surface area contributed by atoms with Crippen LogP contribution in [0.4, 0.5) is 0 Å². The molecule has 0 heterocycles. The van der Waals surface area contributed by atoms with Crippen LogP contribution in [0, 0.1) is 23.2 Å². The normalized spacial score (nSPS) is 43.0. The SMILES string of the molecule is C/C(=C\CCC1(C)C2CCC(C)C1C2)CO. The van der Waals surface area contributed by atoms with E-state index in [1.807, 2.05) is 6.92 Å². The van der Waals surface area contributed by atoms with Crippen LogP contribution in [0.1, 0.15) is 52.9 Å². The molecule has 4 unspecified atom stereocenters. The second-order valence-corrected chi connectivity index (χ2v) is 6.35. The van der Waals surface area contributed by atoms with E-state index in [4.69, 9.17) is 5.11 Å². The standard InChI is InChI=1S/C15H26O/c1-11(10-16)5-4-8-15(3)13-7-6-12(2)14(15)9-13/h5,12-14,16H,4,6-10H2,1-3H3/b11-5+. The minimum Gasteiger partial charge on any atom is -0.392 e. The number of hydrogen-bond acceptors (Lipinski definition) is 1. The van der Waals surface area contributed by atoms with Crippen molar-refractivity contribution < 1.29 is 5.11 Å². The molecule has 2 bridgehead atoms. The van der Waals surface area contributed by atoms with Gasteiger partial charge in [-0.15, -0.1) is 0 Å². The van der Waals surface area contributed by atoms with Crippen molar-refractivity contribution in [2.75, 3.05) is 6.61 Å². The first-order valence-corrected chi connectivity index (χ1v) is 6.84. The fourth-order valence-electron chi connectivity index (χ4n) is 4.07. The zero-order valence-corrected chi connectivity index (χ0v) is 11.0. The van der Waals surface area contributed by atoms with Crippen molar-refractivity contribution in [2.45, 2.75) is 52.9 Å². The van der Waals surface area contributed by atoms with E-state index < -0.39 is 0 Å². The highest BCUT2D eigenvalue weighted by Crippen LogP contribution is 2.63. The Morgan fingerprint density at radius 1 is 1.44 bits per heavy atom. The molecule has 0 spiro atoms. The second-order valence-electron chi connectivity index (χ2n) is 6.35. The Hall–Kier alpha value is -0.300. The number of aliphatic hydroxyl groups is 1. The molecule has 0 aromatic heterocycles. The molecule has 0 aromatic carbocycles. The van der Waals surface area contributed by atoms with Crippen molar-refractivity contribution in [1.29, 1.82) is 0 Å². The Bertz CT molecular complexity index is 279. The molecule has 0 aromatic rings. The maximum Gasteiger partial charge on any atom is 0.0639 e. The molecule has 3 fully saturated rings. The van der Waals surface area contributed by atoms with Crippen molar-refractivity contribution in [3.63, 3.8) is 0 Å². The van der Waals surface area contributed by atoms with Gasteiger partial charge in [0.1, 0.15) is 0 Å². The molecular formula is C15H26O. The van der Waals surface area contributed by atoms with Crippen LogP contribution in [-0.2, 0) is 0 Å². The van der Waals surface area contributed by atoms with Crippen LogP contribution in [0.25, 0.3) is 0 Å². The van der Waals surface area contributed by atoms with Gasteiger partial charge in [-0.3, -0.25) is 0 Å². The van der Waals surface area contributed by atoms with E-state index in [1.54, 1.807) is 0 Å². The van der Waals surface area contributed by atoms with Gasteiger partial charge in [0.05, 0.1) is 6.61 Å². The van der Waals surface area contributed by atoms with Crippen LogP contribution in [-0.4, -0.2) is 11.7 Å². The maximum absolute atomic E-state index is 8.97. The predicted molar refractivity (Wildman–Crippen MR) is 68.2 cm³/mol. The maximum atomic E-state index is 8.97. The fraction of sp³-hybridized carbons (Fsp3) is 0.867. The van der Waals surface area contributed by atoms with Crippen LogP contribution in [0.2, 0.25) is 0 Å². The van der Waals surface area contributed by atoms with E-state index in [2.05, 4.69) is 19.9 Å². The van der Waals surface area contributed by atoms with Crippen molar-refractivity contribution in [3.05, 3.63) is 11.6 Å². The molecule has 1 N–H and O–H groups in total. The molecule has 0 aliphatic heterocycles. The lowest BCUT2D eigenvalue weighted by Crippen LogP contribution is -2.53. The Labute approximate surface area is 99.9 Å². The van der Waals surface area contributed by atoms with E-state index in [0.29, 0.717) is 5.41 Å². The summed E-state index contributed by atoms with van der Waals surface area (Å²) >= 11 is 0. The van der Waals surface area contributed by atoms with Gasteiger partial charge in [-0.25, -0.2) is 0 Å². The summed E-state index contributed by atoms with van der Waals surface area (Å²) in [5.74, 6) is 2.92. The topological polar surface area (TPSA) is 20.2 Å². The number of hydrogen-bond donors (Lipinski definition) is 1. The molecule has 4 atom stereocenters. The van der Waals surface area contributed by atoms with E-state index in [9.17, 15) is 0 Å². The van der Waals surface area contributed by atoms with E-state index >= 15 is 0 Å². The molecule has 1 heteroatoms.